The van der Waals surface area contributed by atoms with Crippen molar-refractivity contribution in [1.29, 1.82) is 0 Å². The Balaban J connectivity index is 1.61. The van der Waals surface area contributed by atoms with Gasteiger partial charge in [0, 0.05) is 5.56 Å². The molecule has 0 spiro atoms. The molecule has 0 amide bonds. The number of hydrogen-bond donors (Lipinski definition) is 0. The zero-order chi connectivity index (χ0) is 17.5. The van der Waals surface area contributed by atoms with E-state index in [1.807, 2.05) is 0 Å². The van der Waals surface area contributed by atoms with E-state index in [0.29, 0.717) is 11.5 Å². The Morgan fingerprint density at radius 1 is 1.20 bits per heavy atom. The summed E-state index contributed by atoms with van der Waals surface area (Å²) in [4.78, 5) is 12.5. The molecule has 2 heterocycles. The van der Waals surface area contributed by atoms with Crippen LogP contribution in [0.15, 0.2) is 41.7 Å². The van der Waals surface area contributed by atoms with E-state index in [0.717, 1.165) is 24.5 Å². The maximum atomic E-state index is 6.10. The fourth-order valence-electron chi connectivity index (χ4n) is 3.22. The number of isothiocyanates is 1. The van der Waals surface area contributed by atoms with Gasteiger partial charge in [-0.25, -0.2) is 9.97 Å². The fourth-order valence-corrected chi connectivity index (χ4v) is 3.32. The van der Waals surface area contributed by atoms with Gasteiger partial charge in [0.1, 0.15) is 5.69 Å². The number of thiocarbonyl (C=S) groups is 1. The highest BCUT2D eigenvalue weighted by Gasteiger charge is 2.22. The van der Waals surface area contributed by atoms with Crippen LogP contribution < -0.4 is 0 Å². The van der Waals surface area contributed by atoms with Gasteiger partial charge in [-0.1, -0.05) is 44.0 Å². The van der Waals surface area contributed by atoms with Gasteiger partial charge in [-0.15, -0.1) is 0 Å². The van der Waals surface area contributed by atoms with Crippen molar-refractivity contribution >= 4 is 23.1 Å². The number of rotatable bonds is 6. The third kappa shape index (κ3) is 4.79. The van der Waals surface area contributed by atoms with Crippen LogP contribution in [0.3, 0.4) is 0 Å². The van der Waals surface area contributed by atoms with Crippen LogP contribution in [0.25, 0.3) is 11.4 Å². The van der Waals surface area contributed by atoms with Crippen molar-refractivity contribution in [1.82, 2.24) is 9.97 Å². The summed E-state index contributed by atoms with van der Waals surface area (Å²) in [5.74, 6) is 1.41. The van der Waals surface area contributed by atoms with Gasteiger partial charge in [0.05, 0.1) is 30.3 Å². The van der Waals surface area contributed by atoms with Crippen molar-refractivity contribution in [3.63, 3.8) is 0 Å². The van der Waals surface area contributed by atoms with Crippen LogP contribution in [-0.4, -0.2) is 21.7 Å². The van der Waals surface area contributed by atoms with Gasteiger partial charge in [0.2, 0.25) is 0 Å². The molecule has 2 aromatic rings. The smallest absolute Gasteiger partial charge is 0.159 e. The molecule has 130 valence electrons. The molecule has 0 bridgehead atoms. The molecule has 2 unspecified atom stereocenters. The summed E-state index contributed by atoms with van der Waals surface area (Å²) in [6, 6.07) is 8.36. The second kappa shape index (κ2) is 8.95. The summed E-state index contributed by atoms with van der Waals surface area (Å²) >= 11 is 4.58. The predicted octanol–water partition coefficient (Wildman–Crippen LogP) is 5.54. The Hall–Kier alpha value is -1.94. The fraction of sp³-hybridized carbons (Fsp3) is 0.450. The van der Waals surface area contributed by atoms with Crippen LogP contribution in [0.2, 0.25) is 0 Å². The van der Waals surface area contributed by atoms with Gasteiger partial charge >= 0.3 is 0 Å². The van der Waals surface area contributed by atoms with E-state index < -0.39 is 0 Å². The van der Waals surface area contributed by atoms with Crippen LogP contribution in [0, 0.1) is 5.92 Å². The largest absolute Gasteiger partial charge is 0.373 e. The van der Waals surface area contributed by atoms with Crippen LogP contribution in [-0.2, 0) is 4.74 Å². The molecule has 1 aromatic carbocycles. The van der Waals surface area contributed by atoms with E-state index in [1.54, 1.807) is 12.4 Å². The summed E-state index contributed by atoms with van der Waals surface area (Å²) in [6.07, 6.45) is 9.75. The van der Waals surface area contributed by atoms with Gasteiger partial charge in [-0.05, 0) is 43.0 Å². The molecule has 1 saturated heterocycles. The van der Waals surface area contributed by atoms with Gasteiger partial charge in [0.15, 0.2) is 5.82 Å². The zero-order valence-electron chi connectivity index (χ0n) is 14.5. The lowest BCUT2D eigenvalue weighted by atomic mass is 9.91. The van der Waals surface area contributed by atoms with Crippen molar-refractivity contribution in [2.75, 3.05) is 6.61 Å². The van der Waals surface area contributed by atoms with Crippen LogP contribution in [0.5, 0.6) is 0 Å². The maximum absolute atomic E-state index is 6.10. The summed E-state index contributed by atoms with van der Waals surface area (Å²) < 4.78 is 6.10. The molecule has 5 heteroatoms. The van der Waals surface area contributed by atoms with Gasteiger partial charge < -0.3 is 4.74 Å². The van der Waals surface area contributed by atoms with Crippen LogP contribution in [0.4, 0.5) is 5.69 Å². The molecule has 2 atom stereocenters. The number of unbranched alkanes of at least 4 members (excludes halogenated alkanes) is 1. The highest BCUT2D eigenvalue weighted by atomic mass is 32.1. The SMILES string of the molecule is CCCCC1CCC(c2ccc(-c3ncc(N=C=S)cn3)cc2)OC1. The first-order valence-electron chi connectivity index (χ1n) is 8.92. The van der Waals surface area contributed by atoms with Gasteiger partial charge in [-0.2, -0.15) is 4.99 Å². The van der Waals surface area contributed by atoms with Crippen molar-refractivity contribution < 1.29 is 4.74 Å². The molecule has 1 aromatic heterocycles. The molecule has 0 N–H and O–H groups in total. The second-order valence-corrected chi connectivity index (χ2v) is 6.68. The molecular formula is C20H23N3OS. The minimum atomic E-state index is 0.215. The van der Waals surface area contributed by atoms with E-state index in [2.05, 4.69) is 63.5 Å². The van der Waals surface area contributed by atoms with Gasteiger partial charge in [0.25, 0.3) is 0 Å². The zero-order valence-corrected chi connectivity index (χ0v) is 15.3. The Morgan fingerprint density at radius 2 is 1.96 bits per heavy atom. The second-order valence-electron chi connectivity index (χ2n) is 6.50. The van der Waals surface area contributed by atoms with E-state index in [4.69, 9.17) is 4.74 Å². The molecule has 1 fully saturated rings. The molecular weight excluding hydrogens is 330 g/mol. The molecule has 0 saturated carbocycles. The first-order valence-corrected chi connectivity index (χ1v) is 9.33. The van der Waals surface area contributed by atoms with Crippen LogP contribution >= 0.6 is 12.2 Å². The first kappa shape index (κ1) is 17.9. The minimum absolute atomic E-state index is 0.215. The van der Waals surface area contributed by atoms with Crippen LogP contribution in [0.1, 0.15) is 50.7 Å². The molecule has 3 rings (SSSR count). The Bertz CT molecular complexity index is 716. The first-order chi connectivity index (χ1) is 12.3. The lowest BCUT2D eigenvalue weighted by Gasteiger charge is -2.29. The van der Waals surface area contributed by atoms with Crippen molar-refractivity contribution in [2.45, 2.75) is 45.1 Å². The van der Waals surface area contributed by atoms with Crippen molar-refractivity contribution in [3.05, 3.63) is 42.2 Å². The van der Waals surface area contributed by atoms with E-state index >= 15 is 0 Å². The number of benzene rings is 1. The number of aromatic nitrogens is 2. The number of hydrogen-bond acceptors (Lipinski definition) is 5. The van der Waals surface area contributed by atoms with E-state index in [1.165, 1.54) is 31.2 Å². The normalized spacial score (nSPS) is 20.0. The Morgan fingerprint density at radius 3 is 2.56 bits per heavy atom. The predicted molar refractivity (Wildman–Crippen MR) is 103 cm³/mol. The standard InChI is InChI=1S/C20H23N3OS/c1-2-3-4-15-5-10-19(24-13-15)16-6-8-17(9-7-16)20-21-11-18(12-22-20)23-14-25/h6-9,11-12,15,19H,2-5,10,13H2,1H3. The molecule has 25 heavy (non-hydrogen) atoms. The third-order valence-corrected chi connectivity index (χ3v) is 4.78. The summed E-state index contributed by atoms with van der Waals surface area (Å²) in [5.41, 5.74) is 2.83. The molecule has 1 aliphatic heterocycles. The maximum Gasteiger partial charge on any atom is 0.159 e. The lowest BCUT2D eigenvalue weighted by molar-refractivity contribution is -0.0197. The molecule has 4 nitrogen and oxygen atoms in total. The monoisotopic (exact) mass is 353 g/mol. The van der Waals surface area contributed by atoms with E-state index in [9.17, 15) is 0 Å². The summed E-state index contributed by atoms with van der Waals surface area (Å²) in [7, 11) is 0. The molecule has 0 radical (unpaired) electrons. The molecule has 0 aliphatic carbocycles. The quantitative estimate of drug-likeness (QED) is 0.505. The Labute approximate surface area is 154 Å². The van der Waals surface area contributed by atoms with Crippen molar-refractivity contribution in [3.8, 4) is 11.4 Å². The molecule has 1 aliphatic rings. The average Bonchev–Trinajstić information content (AvgIpc) is 2.68. The van der Waals surface area contributed by atoms with Gasteiger partial charge in [-0.3, -0.25) is 0 Å². The summed E-state index contributed by atoms with van der Waals surface area (Å²) in [5, 5.41) is 2.32. The highest BCUT2D eigenvalue weighted by Crippen LogP contribution is 2.33. The van der Waals surface area contributed by atoms with Crippen molar-refractivity contribution in [2.24, 2.45) is 10.9 Å². The average molecular weight is 353 g/mol. The number of nitrogens with zero attached hydrogens (tertiary/aromatic N) is 3. The topological polar surface area (TPSA) is 47.4 Å². The number of ether oxygens (including phenoxy) is 1. The Kier molecular flexibility index (Phi) is 6.40. The highest BCUT2D eigenvalue weighted by molar-refractivity contribution is 7.78. The lowest BCUT2D eigenvalue weighted by Crippen LogP contribution is -2.20. The minimum Gasteiger partial charge on any atom is -0.373 e. The summed E-state index contributed by atoms with van der Waals surface area (Å²) in [6.45, 7) is 3.13. The third-order valence-electron chi connectivity index (χ3n) is 4.69. The van der Waals surface area contributed by atoms with E-state index in [-0.39, 0.29) is 6.10 Å². The number of aliphatic imine (C=N–C) groups is 1.